The molecule has 8 unspecified atom stereocenters. The zero-order valence-electron chi connectivity index (χ0n) is 18.8. The molecule has 4 nitrogen and oxygen atoms in total. The lowest BCUT2D eigenvalue weighted by Gasteiger charge is -2.76. The number of hydrogen-bond donors (Lipinski definition) is 2. The van der Waals surface area contributed by atoms with Crippen molar-refractivity contribution in [2.45, 2.75) is 104 Å². The molecular weight excluding hydrogens is 376 g/mol. The fourth-order valence-corrected chi connectivity index (χ4v) is 11.7. The Hall–Kier alpha value is -1.06. The van der Waals surface area contributed by atoms with Gasteiger partial charge in [-0.3, -0.25) is 9.59 Å². The second-order valence-corrected chi connectivity index (χ2v) is 13.5. The Kier molecular flexibility index (Phi) is 3.57. The molecule has 0 spiro atoms. The summed E-state index contributed by atoms with van der Waals surface area (Å²) in [7, 11) is 0. The maximum atomic E-state index is 12.7. The lowest BCUT2D eigenvalue weighted by atomic mass is 9.27. The van der Waals surface area contributed by atoms with Crippen molar-refractivity contribution in [1.82, 2.24) is 0 Å². The first-order chi connectivity index (χ1) is 14.1. The van der Waals surface area contributed by atoms with E-state index in [0.717, 1.165) is 51.4 Å². The van der Waals surface area contributed by atoms with Gasteiger partial charge in [-0.05, 0) is 111 Å². The second kappa shape index (κ2) is 5.46. The van der Waals surface area contributed by atoms with Crippen molar-refractivity contribution in [3.8, 4) is 0 Å². The van der Waals surface area contributed by atoms with Gasteiger partial charge in [0.25, 0.3) is 0 Å². The molecule has 30 heavy (non-hydrogen) atoms. The van der Waals surface area contributed by atoms with Crippen LogP contribution in [-0.4, -0.2) is 22.2 Å². The zero-order valence-corrected chi connectivity index (χ0v) is 18.8. The van der Waals surface area contributed by atoms with Gasteiger partial charge in [0.1, 0.15) is 0 Å². The molecule has 0 heterocycles. The molecule has 0 amide bonds. The Morgan fingerprint density at radius 3 is 1.37 bits per heavy atom. The molecular formula is C26H38O4. The number of carboxylic acids is 2. The van der Waals surface area contributed by atoms with Crippen LogP contribution in [0, 0.1) is 44.3 Å². The molecule has 8 bridgehead atoms. The van der Waals surface area contributed by atoms with Crippen LogP contribution in [0.5, 0.6) is 0 Å². The summed E-state index contributed by atoms with van der Waals surface area (Å²) in [6, 6.07) is 0. The summed E-state index contributed by atoms with van der Waals surface area (Å²) in [5.41, 5.74) is -0.625. The minimum Gasteiger partial charge on any atom is -0.481 e. The smallest absolute Gasteiger partial charge is 0.309 e. The molecule has 8 fully saturated rings. The molecule has 0 aromatic carbocycles. The fraction of sp³-hybridized carbons (Fsp3) is 0.923. The van der Waals surface area contributed by atoms with Crippen molar-refractivity contribution in [2.24, 2.45) is 44.3 Å². The van der Waals surface area contributed by atoms with Crippen LogP contribution in [0.4, 0.5) is 0 Å². The summed E-state index contributed by atoms with van der Waals surface area (Å²) < 4.78 is 0. The molecule has 8 aliphatic carbocycles. The third-order valence-electron chi connectivity index (χ3n) is 11.9. The summed E-state index contributed by atoms with van der Waals surface area (Å²) in [5.74, 6) is -0.0549. The van der Waals surface area contributed by atoms with Crippen LogP contribution in [0.25, 0.3) is 0 Å². The third-order valence-corrected chi connectivity index (χ3v) is 11.9. The molecule has 166 valence electrons. The van der Waals surface area contributed by atoms with Gasteiger partial charge in [0.05, 0.1) is 10.8 Å². The number of carbonyl (C=O) groups is 2. The molecule has 0 saturated heterocycles. The monoisotopic (exact) mass is 414 g/mol. The summed E-state index contributed by atoms with van der Waals surface area (Å²) in [6.45, 7) is 4.56. The Bertz CT molecular complexity index is 769. The fourth-order valence-electron chi connectivity index (χ4n) is 11.7. The summed E-state index contributed by atoms with van der Waals surface area (Å²) in [4.78, 5) is 25.4. The highest BCUT2D eigenvalue weighted by molar-refractivity contribution is 5.77. The van der Waals surface area contributed by atoms with E-state index >= 15 is 0 Å². The second-order valence-electron chi connectivity index (χ2n) is 13.5. The van der Waals surface area contributed by atoms with Crippen LogP contribution in [0.3, 0.4) is 0 Å². The average Bonchev–Trinajstić information content (AvgIpc) is 2.66. The normalized spacial score (nSPS) is 57.7. The van der Waals surface area contributed by atoms with Gasteiger partial charge in [0.2, 0.25) is 0 Å². The predicted molar refractivity (Wildman–Crippen MR) is 113 cm³/mol. The van der Waals surface area contributed by atoms with Crippen LogP contribution in [0.15, 0.2) is 0 Å². The molecule has 8 saturated carbocycles. The Labute approximate surface area is 180 Å². The zero-order chi connectivity index (χ0) is 21.2. The van der Waals surface area contributed by atoms with Crippen LogP contribution in [0.2, 0.25) is 0 Å². The van der Waals surface area contributed by atoms with Gasteiger partial charge < -0.3 is 10.2 Å². The largest absolute Gasteiger partial charge is 0.481 e. The molecule has 4 heteroatoms. The Morgan fingerprint density at radius 2 is 1.03 bits per heavy atom. The highest BCUT2D eigenvalue weighted by atomic mass is 16.4. The van der Waals surface area contributed by atoms with Crippen molar-refractivity contribution in [3.05, 3.63) is 0 Å². The van der Waals surface area contributed by atoms with Gasteiger partial charge in [-0.25, -0.2) is 0 Å². The molecule has 0 radical (unpaired) electrons. The van der Waals surface area contributed by atoms with E-state index in [0.29, 0.717) is 11.8 Å². The average molecular weight is 415 g/mol. The van der Waals surface area contributed by atoms with Crippen molar-refractivity contribution < 1.29 is 19.8 Å². The first-order valence-corrected chi connectivity index (χ1v) is 12.5. The minimum absolute atomic E-state index is 0.0570. The summed E-state index contributed by atoms with van der Waals surface area (Å²) in [6.07, 6.45) is 14.4. The maximum absolute atomic E-state index is 12.7. The van der Waals surface area contributed by atoms with Crippen LogP contribution >= 0.6 is 0 Å². The van der Waals surface area contributed by atoms with Gasteiger partial charge in [-0.2, -0.15) is 0 Å². The molecule has 0 aliphatic heterocycles. The molecule has 0 aromatic heterocycles. The topological polar surface area (TPSA) is 74.6 Å². The molecule has 8 aliphatic rings. The quantitative estimate of drug-likeness (QED) is 0.588. The van der Waals surface area contributed by atoms with E-state index in [4.69, 9.17) is 0 Å². The van der Waals surface area contributed by atoms with Gasteiger partial charge in [-0.15, -0.1) is 0 Å². The number of aliphatic carboxylic acids is 2. The Balaban J connectivity index is 1.51. The van der Waals surface area contributed by atoms with E-state index in [9.17, 15) is 19.8 Å². The lowest BCUT2D eigenvalue weighted by molar-refractivity contribution is -0.273. The first kappa shape index (κ1) is 19.6. The minimum atomic E-state index is -0.559. The highest BCUT2D eigenvalue weighted by Crippen LogP contribution is 2.82. The van der Waals surface area contributed by atoms with Crippen LogP contribution in [-0.2, 0) is 9.59 Å². The van der Waals surface area contributed by atoms with Gasteiger partial charge in [0.15, 0.2) is 0 Å². The van der Waals surface area contributed by atoms with Crippen molar-refractivity contribution in [2.75, 3.05) is 0 Å². The summed E-state index contributed by atoms with van der Waals surface area (Å²) >= 11 is 0. The lowest BCUT2D eigenvalue weighted by Crippen LogP contribution is -2.69. The number of hydrogen-bond acceptors (Lipinski definition) is 2. The third kappa shape index (κ3) is 2.14. The predicted octanol–water partition coefficient (Wildman–Crippen LogP) is 5.89. The molecule has 2 N–H and O–H groups in total. The first-order valence-electron chi connectivity index (χ1n) is 12.5. The molecule has 8 atom stereocenters. The van der Waals surface area contributed by atoms with Gasteiger partial charge in [-0.1, -0.05) is 26.7 Å². The van der Waals surface area contributed by atoms with E-state index in [-0.39, 0.29) is 21.7 Å². The standard InChI is InChI=1S/C26H38O4/c1-3-21-5-17-7-23(11-21,19(27)28)15-25(9-17,13-21)26-10-18-6-22(4-2,14-26)12-24(8-18,16-26)20(29)30/h17-18H,3-16H2,1-2H3,(H,27,28)(H,29,30). The van der Waals surface area contributed by atoms with Gasteiger partial charge in [0, 0.05) is 0 Å². The Morgan fingerprint density at radius 1 is 0.633 bits per heavy atom. The number of carboxylic acid groups (broad SMARTS) is 2. The SMILES string of the molecule is CCC12CC3CC(C(=O)O)(C1)CC(C14CC5CC(CC)(CC(C(=O)O)(C5)C1)C4)(C3)C2. The van der Waals surface area contributed by atoms with Crippen LogP contribution < -0.4 is 0 Å². The van der Waals surface area contributed by atoms with E-state index < -0.39 is 22.8 Å². The van der Waals surface area contributed by atoms with E-state index in [2.05, 4.69) is 13.8 Å². The number of rotatable bonds is 5. The molecule has 0 aromatic rings. The maximum Gasteiger partial charge on any atom is 0.309 e. The molecule has 8 rings (SSSR count). The van der Waals surface area contributed by atoms with Gasteiger partial charge >= 0.3 is 11.9 Å². The van der Waals surface area contributed by atoms with Crippen molar-refractivity contribution in [1.29, 1.82) is 0 Å². The van der Waals surface area contributed by atoms with Crippen molar-refractivity contribution in [3.63, 3.8) is 0 Å². The van der Waals surface area contributed by atoms with Crippen LogP contribution in [0.1, 0.15) is 104 Å². The van der Waals surface area contributed by atoms with E-state index in [1.807, 2.05) is 0 Å². The highest BCUT2D eigenvalue weighted by Gasteiger charge is 2.75. The van der Waals surface area contributed by atoms with E-state index in [1.165, 1.54) is 38.5 Å². The van der Waals surface area contributed by atoms with Crippen molar-refractivity contribution >= 4 is 11.9 Å². The summed E-state index contributed by atoms with van der Waals surface area (Å²) in [5, 5.41) is 20.9. The van der Waals surface area contributed by atoms with E-state index in [1.54, 1.807) is 0 Å².